The van der Waals surface area contributed by atoms with Crippen LogP contribution in [0.5, 0.6) is 11.5 Å². The lowest BCUT2D eigenvalue weighted by molar-refractivity contribution is -0.138. The number of methoxy groups -OCH3 is 1. The van der Waals surface area contributed by atoms with Gasteiger partial charge in [0.05, 0.1) is 7.11 Å². The lowest BCUT2D eigenvalue weighted by atomic mass is 10.1. The van der Waals surface area contributed by atoms with E-state index in [1.165, 1.54) is 19.3 Å². The van der Waals surface area contributed by atoms with Crippen LogP contribution >= 0.6 is 0 Å². The average Bonchev–Trinajstić information content (AvgIpc) is 2.78. The first-order valence-corrected chi connectivity index (χ1v) is 9.22. The van der Waals surface area contributed by atoms with Gasteiger partial charge in [0, 0.05) is 17.3 Å². The van der Waals surface area contributed by atoms with Crippen LogP contribution in [0.1, 0.15) is 21.5 Å². The predicted octanol–water partition coefficient (Wildman–Crippen LogP) is 4.41. The molecule has 0 spiro atoms. The van der Waals surface area contributed by atoms with E-state index in [9.17, 15) is 14.7 Å². The smallest absolute Gasteiger partial charge is 0.331 e. The van der Waals surface area contributed by atoms with Crippen LogP contribution in [0.25, 0.3) is 6.08 Å². The van der Waals surface area contributed by atoms with Crippen LogP contribution in [0.3, 0.4) is 0 Å². The topological polar surface area (TPSA) is 84.9 Å². The average molecular weight is 403 g/mol. The summed E-state index contributed by atoms with van der Waals surface area (Å²) in [5.74, 6) is -0.370. The van der Waals surface area contributed by atoms with Gasteiger partial charge >= 0.3 is 5.97 Å². The maximum atomic E-state index is 12.2. The highest BCUT2D eigenvalue weighted by Crippen LogP contribution is 2.26. The summed E-state index contributed by atoms with van der Waals surface area (Å²) in [6.07, 6.45) is 2.87. The first kappa shape index (κ1) is 20.7. The molecule has 0 atom stereocenters. The van der Waals surface area contributed by atoms with Gasteiger partial charge in [-0.25, -0.2) is 4.79 Å². The standard InChI is InChI=1S/C24H21NO5/c1-29-22-15-17(9-13-21(22)26)10-14-23(27)30-16-18-7-11-19(12-8-18)24(28)25-20-5-3-2-4-6-20/h2-15,26H,16H2,1H3,(H,25,28)/b14-10+. The molecule has 0 heterocycles. The molecule has 152 valence electrons. The number of aromatic hydroxyl groups is 1. The number of amides is 1. The van der Waals surface area contributed by atoms with Crippen molar-refractivity contribution in [3.63, 3.8) is 0 Å². The molecule has 0 aliphatic rings. The second kappa shape index (κ2) is 9.93. The highest BCUT2D eigenvalue weighted by Gasteiger charge is 2.07. The van der Waals surface area contributed by atoms with Crippen LogP contribution in [0.2, 0.25) is 0 Å². The molecular weight excluding hydrogens is 382 g/mol. The Labute approximate surface area is 174 Å². The number of hydrogen-bond donors (Lipinski definition) is 2. The number of ether oxygens (including phenoxy) is 2. The summed E-state index contributed by atoms with van der Waals surface area (Å²) in [5.41, 5.74) is 2.68. The molecular formula is C24H21NO5. The number of anilines is 1. The van der Waals surface area contributed by atoms with E-state index in [1.807, 2.05) is 30.3 Å². The Morgan fingerprint density at radius 3 is 2.43 bits per heavy atom. The van der Waals surface area contributed by atoms with E-state index in [2.05, 4.69) is 5.32 Å². The second-order valence-electron chi connectivity index (χ2n) is 6.39. The molecule has 30 heavy (non-hydrogen) atoms. The van der Waals surface area contributed by atoms with Crippen molar-refractivity contribution in [2.24, 2.45) is 0 Å². The van der Waals surface area contributed by atoms with Gasteiger partial charge in [0.2, 0.25) is 0 Å². The number of carbonyl (C=O) groups is 2. The summed E-state index contributed by atoms with van der Waals surface area (Å²) >= 11 is 0. The largest absolute Gasteiger partial charge is 0.504 e. The lowest BCUT2D eigenvalue weighted by Crippen LogP contribution is -2.11. The zero-order valence-corrected chi connectivity index (χ0v) is 16.4. The van der Waals surface area contributed by atoms with Crippen molar-refractivity contribution in [3.05, 3.63) is 95.6 Å². The Morgan fingerprint density at radius 1 is 1.00 bits per heavy atom. The number of phenolic OH excluding ortho intramolecular Hbond substituents is 1. The number of rotatable bonds is 7. The fourth-order valence-electron chi connectivity index (χ4n) is 2.64. The summed E-state index contributed by atoms with van der Waals surface area (Å²) in [6.45, 7) is 0.0860. The number of carbonyl (C=O) groups excluding carboxylic acids is 2. The summed E-state index contributed by atoms with van der Waals surface area (Å²) in [5, 5.41) is 12.4. The third kappa shape index (κ3) is 5.72. The number of benzene rings is 3. The zero-order valence-electron chi connectivity index (χ0n) is 16.4. The normalized spacial score (nSPS) is 10.6. The van der Waals surface area contributed by atoms with Gasteiger partial charge in [-0.05, 0) is 53.6 Å². The molecule has 6 heteroatoms. The zero-order chi connectivity index (χ0) is 21.3. The maximum Gasteiger partial charge on any atom is 0.331 e. The SMILES string of the molecule is COc1cc(/C=C/C(=O)OCc2ccc(C(=O)Nc3ccccc3)cc2)ccc1O. The first-order chi connectivity index (χ1) is 14.5. The maximum absolute atomic E-state index is 12.2. The Morgan fingerprint density at radius 2 is 1.73 bits per heavy atom. The summed E-state index contributed by atoms with van der Waals surface area (Å²) in [4.78, 5) is 24.2. The van der Waals surface area contributed by atoms with Crippen molar-refractivity contribution in [2.45, 2.75) is 6.61 Å². The van der Waals surface area contributed by atoms with Crippen molar-refractivity contribution < 1.29 is 24.2 Å². The van der Waals surface area contributed by atoms with Gasteiger partial charge in [-0.15, -0.1) is 0 Å². The number of para-hydroxylation sites is 1. The lowest BCUT2D eigenvalue weighted by Gasteiger charge is -2.07. The van der Waals surface area contributed by atoms with E-state index in [-0.39, 0.29) is 18.3 Å². The first-order valence-electron chi connectivity index (χ1n) is 9.22. The molecule has 0 aromatic heterocycles. The van der Waals surface area contributed by atoms with E-state index in [4.69, 9.17) is 9.47 Å². The van der Waals surface area contributed by atoms with Gasteiger partial charge < -0.3 is 19.9 Å². The molecule has 0 aliphatic carbocycles. The van der Waals surface area contributed by atoms with Gasteiger partial charge in [-0.1, -0.05) is 36.4 Å². The molecule has 1 amide bonds. The van der Waals surface area contributed by atoms with Crippen LogP contribution in [0.4, 0.5) is 5.69 Å². The van der Waals surface area contributed by atoms with Crippen LogP contribution < -0.4 is 10.1 Å². The van der Waals surface area contributed by atoms with Crippen molar-refractivity contribution >= 4 is 23.6 Å². The molecule has 0 fully saturated rings. The van der Waals surface area contributed by atoms with Gasteiger partial charge in [0.1, 0.15) is 6.61 Å². The quantitative estimate of drug-likeness (QED) is 0.451. The monoisotopic (exact) mass is 403 g/mol. The third-order valence-corrected chi connectivity index (χ3v) is 4.24. The summed E-state index contributed by atoms with van der Waals surface area (Å²) < 4.78 is 10.2. The van der Waals surface area contributed by atoms with Crippen LogP contribution in [0, 0.1) is 0 Å². The molecule has 3 aromatic carbocycles. The molecule has 0 saturated heterocycles. The van der Waals surface area contributed by atoms with Crippen molar-refractivity contribution in [3.8, 4) is 11.5 Å². The number of esters is 1. The molecule has 0 bridgehead atoms. The Hall–Kier alpha value is -4.06. The fourth-order valence-corrected chi connectivity index (χ4v) is 2.64. The minimum atomic E-state index is -0.507. The number of hydrogen-bond acceptors (Lipinski definition) is 5. The molecule has 0 aliphatic heterocycles. The van der Waals surface area contributed by atoms with Crippen molar-refractivity contribution in [2.75, 3.05) is 12.4 Å². The van der Waals surface area contributed by atoms with E-state index < -0.39 is 5.97 Å². The van der Waals surface area contributed by atoms with E-state index in [0.717, 1.165) is 11.3 Å². The third-order valence-electron chi connectivity index (χ3n) is 4.24. The predicted molar refractivity (Wildman–Crippen MR) is 114 cm³/mol. The van der Waals surface area contributed by atoms with Gasteiger partial charge in [0.15, 0.2) is 11.5 Å². The molecule has 2 N–H and O–H groups in total. The Bertz CT molecular complexity index is 1040. The highest BCUT2D eigenvalue weighted by molar-refractivity contribution is 6.04. The van der Waals surface area contributed by atoms with Crippen LogP contribution in [-0.2, 0) is 16.1 Å². The molecule has 6 nitrogen and oxygen atoms in total. The van der Waals surface area contributed by atoms with Crippen LogP contribution in [-0.4, -0.2) is 24.1 Å². The highest BCUT2D eigenvalue weighted by atomic mass is 16.5. The molecule has 3 aromatic rings. The minimum absolute atomic E-state index is 0.0260. The molecule has 0 saturated carbocycles. The Balaban J connectivity index is 1.52. The summed E-state index contributed by atoms with van der Waals surface area (Å²) in [6, 6.07) is 20.8. The van der Waals surface area contributed by atoms with Gasteiger partial charge in [0.25, 0.3) is 5.91 Å². The van der Waals surface area contributed by atoms with E-state index in [0.29, 0.717) is 16.9 Å². The Kier molecular flexibility index (Phi) is 6.84. The number of phenols is 1. The number of nitrogens with one attached hydrogen (secondary N) is 1. The van der Waals surface area contributed by atoms with Gasteiger partial charge in [-0.2, -0.15) is 0 Å². The fraction of sp³-hybridized carbons (Fsp3) is 0.0833. The van der Waals surface area contributed by atoms with Crippen molar-refractivity contribution in [1.29, 1.82) is 0 Å². The van der Waals surface area contributed by atoms with E-state index in [1.54, 1.807) is 42.5 Å². The van der Waals surface area contributed by atoms with Crippen LogP contribution in [0.15, 0.2) is 78.9 Å². The second-order valence-corrected chi connectivity index (χ2v) is 6.39. The van der Waals surface area contributed by atoms with Crippen molar-refractivity contribution in [1.82, 2.24) is 0 Å². The van der Waals surface area contributed by atoms with E-state index >= 15 is 0 Å². The van der Waals surface area contributed by atoms with Gasteiger partial charge in [-0.3, -0.25) is 4.79 Å². The minimum Gasteiger partial charge on any atom is -0.504 e. The molecule has 3 rings (SSSR count). The molecule has 0 radical (unpaired) electrons. The summed E-state index contributed by atoms with van der Waals surface area (Å²) in [7, 11) is 1.45. The molecule has 0 unspecified atom stereocenters.